The molecule has 2 heteroatoms. The average molecular weight is 218 g/mol. The summed E-state index contributed by atoms with van der Waals surface area (Å²) in [5, 5.41) is 8.19. The van der Waals surface area contributed by atoms with Gasteiger partial charge in [-0.3, -0.25) is 0 Å². The Morgan fingerprint density at radius 1 is 1.20 bits per heavy atom. The van der Waals surface area contributed by atoms with Crippen molar-refractivity contribution in [1.29, 1.82) is 5.26 Å². The first-order valence-corrected chi connectivity index (χ1v) is 4.77. The minimum atomic E-state index is 1.14. The molecule has 76 valence electrons. The van der Waals surface area contributed by atoms with Gasteiger partial charge in [-0.15, -0.1) is 0 Å². The molecule has 0 amide bonds. The Kier molecular flexibility index (Phi) is 9.08. The van der Waals surface area contributed by atoms with Gasteiger partial charge in [-0.25, -0.2) is 0 Å². The Morgan fingerprint density at radius 3 is 2.33 bits per heavy atom. The van der Waals surface area contributed by atoms with Crippen LogP contribution >= 0.6 is 11.6 Å². The highest BCUT2D eigenvalue weighted by Gasteiger charge is 1.78. The first-order chi connectivity index (χ1) is 7.35. The fourth-order valence-electron chi connectivity index (χ4n) is 0.829. The largest absolute Gasteiger partial charge is 0.193 e. The van der Waals surface area contributed by atoms with Gasteiger partial charge in [0.05, 0.1) is 6.07 Å². The topological polar surface area (TPSA) is 23.8 Å². The average Bonchev–Trinajstić information content (AvgIpc) is 2.27. The number of nitriles is 1. The Morgan fingerprint density at radius 2 is 1.80 bits per heavy atom. The maximum absolute atomic E-state index is 8.19. The summed E-state index contributed by atoms with van der Waals surface area (Å²) in [6.07, 6.45) is 6.96. The number of allylic oxidation sites excluding steroid dienone is 3. The third-order valence-corrected chi connectivity index (χ3v) is 1.37. The molecule has 0 saturated carbocycles. The summed E-state index contributed by atoms with van der Waals surface area (Å²) in [6, 6.07) is 11.9. The van der Waals surface area contributed by atoms with E-state index in [1.54, 1.807) is 6.08 Å². The van der Waals surface area contributed by atoms with Gasteiger partial charge in [0.25, 0.3) is 0 Å². The van der Waals surface area contributed by atoms with Crippen molar-refractivity contribution in [2.24, 2.45) is 0 Å². The van der Waals surface area contributed by atoms with Crippen LogP contribution in [-0.2, 0) is 0 Å². The van der Waals surface area contributed by atoms with Gasteiger partial charge in [0.1, 0.15) is 0 Å². The molecule has 1 aromatic rings. The van der Waals surface area contributed by atoms with Crippen LogP contribution in [0.1, 0.15) is 5.56 Å². The molecule has 1 nitrogen and oxygen atoms in total. The smallest absolute Gasteiger partial charge is 0.0912 e. The van der Waals surface area contributed by atoms with Gasteiger partial charge < -0.3 is 0 Å². The van der Waals surface area contributed by atoms with Crippen LogP contribution in [0.2, 0.25) is 0 Å². The number of hydrogen-bond acceptors (Lipinski definition) is 1. The third kappa shape index (κ3) is 8.55. The maximum atomic E-state index is 8.19. The maximum Gasteiger partial charge on any atom is 0.0912 e. The number of rotatable bonds is 2. The van der Waals surface area contributed by atoms with Crippen molar-refractivity contribution < 1.29 is 0 Å². The Balaban J connectivity index is 0.000000583. The molecule has 15 heavy (non-hydrogen) atoms. The molecule has 0 spiro atoms. The monoisotopic (exact) mass is 217 g/mol. The minimum Gasteiger partial charge on any atom is -0.193 e. The van der Waals surface area contributed by atoms with E-state index < -0.39 is 0 Å². The molecule has 0 aromatic heterocycles. The number of halogens is 1. The van der Waals surface area contributed by atoms with E-state index >= 15 is 0 Å². The quantitative estimate of drug-likeness (QED) is 0.539. The Hall–Kier alpha value is -1.78. The fraction of sp³-hybridized carbons (Fsp3) is 0. The predicted octanol–water partition coefficient (Wildman–Crippen LogP) is 4.15. The molecular formula is C13H12ClN. The molecule has 0 fully saturated rings. The zero-order valence-electron chi connectivity index (χ0n) is 8.31. The Bertz CT molecular complexity index is 358. The lowest BCUT2D eigenvalue weighted by molar-refractivity contribution is 1.53. The molecule has 1 aromatic carbocycles. The molecule has 0 atom stereocenters. The summed E-state index contributed by atoms with van der Waals surface area (Å²) in [7, 11) is 0. The van der Waals surface area contributed by atoms with E-state index in [0.717, 1.165) is 5.56 Å². The van der Waals surface area contributed by atoms with Crippen LogP contribution < -0.4 is 0 Å². The van der Waals surface area contributed by atoms with Gasteiger partial charge in [0.15, 0.2) is 0 Å². The van der Waals surface area contributed by atoms with Crippen LogP contribution in [-0.4, -0.2) is 0 Å². The molecule has 0 bridgehead atoms. The SMILES string of the molecule is C=CCl.N#CC=CC=Cc1ccccc1. The van der Waals surface area contributed by atoms with E-state index in [4.69, 9.17) is 16.9 Å². The van der Waals surface area contributed by atoms with Crippen molar-refractivity contribution in [2.45, 2.75) is 0 Å². The van der Waals surface area contributed by atoms with Crippen LogP contribution in [0.5, 0.6) is 0 Å². The lowest BCUT2D eigenvalue weighted by atomic mass is 10.2. The van der Waals surface area contributed by atoms with E-state index in [2.05, 4.69) is 6.58 Å². The predicted molar refractivity (Wildman–Crippen MR) is 66.3 cm³/mol. The first kappa shape index (κ1) is 13.2. The highest BCUT2D eigenvalue weighted by Crippen LogP contribution is 2.00. The number of benzene rings is 1. The second-order valence-corrected chi connectivity index (χ2v) is 2.72. The van der Waals surface area contributed by atoms with Gasteiger partial charge in [0, 0.05) is 6.08 Å². The molecule has 1 rings (SSSR count). The first-order valence-electron chi connectivity index (χ1n) is 4.34. The van der Waals surface area contributed by atoms with E-state index in [1.165, 1.54) is 11.6 Å². The fourth-order valence-corrected chi connectivity index (χ4v) is 0.829. The summed E-state index contributed by atoms with van der Waals surface area (Å²) < 4.78 is 0. The lowest BCUT2D eigenvalue weighted by Gasteiger charge is -1.87. The molecule has 0 unspecified atom stereocenters. The van der Waals surface area contributed by atoms with Crippen LogP contribution in [0.15, 0.2) is 60.7 Å². The van der Waals surface area contributed by atoms with Crippen LogP contribution in [0, 0.1) is 11.3 Å². The summed E-state index contributed by atoms with van der Waals surface area (Å²) in [4.78, 5) is 0. The highest BCUT2D eigenvalue weighted by molar-refractivity contribution is 6.25. The second kappa shape index (κ2) is 10.3. The lowest BCUT2D eigenvalue weighted by Crippen LogP contribution is -1.66. The molecule has 0 saturated heterocycles. The van der Waals surface area contributed by atoms with Crippen LogP contribution in [0.3, 0.4) is 0 Å². The molecule has 0 aliphatic carbocycles. The highest BCUT2D eigenvalue weighted by atomic mass is 35.5. The molecule has 0 radical (unpaired) electrons. The second-order valence-electron chi connectivity index (χ2n) is 2.41. The summed E-state index contributed by atoms with van der Waals surface area (Å²) in [5.74, 6) is 0. The minimum absolute atomic E-state index is 1.14. The van der Waals surface area contributed by atoms with Crippen molar-refractivity contribution in [3.05, 3.63) is 66.2 Å². The van der Waals surface area contributed by atoms with Gasteiger partial charge in [-0.1, -0.05) is 66.7 Å². The molecular weight excluding hydrogens is 206 g/mol. The standard InChI is InChI=1S/C11H9N.C2H3Cl/c12-10-6-2-5-9-11-7-3-1-4-8-11;1-2-3/h1-9H;2H,1H2. The summed E-state index contributed by atoms with van der Waals surface area (Å²) in [5.41, 5.74) is 2.36. The van der Waals surface area contributed by atoms with E-state index in [0.29, 0.717) is 0 Å². The van der Waals surface area contributed by atoms with E-state index in [1.807, 2.05) is 48.6 Å². The van der Waals surface area contributed by atoms with Crippen LogP contribution in [0.4, 0.5) is 0 Å². The molecule has 0 aliphatic rings. The zero-order chi connectivity index (χ0) is 11.4. The molecule has 0 N–H and O–H groups in total. The van der Waals surface area contributed by atoms with Gasteiger partial charge >= 0.3 is 0 Å². The third-order valence-electron chi connectivity index (χ3n) is 1.37. The van der Waals surface area contributed by atoms with Crippen molar-refractivity contribution in [3.63, 3.8) is 0 Å². The van der Waals surface area contributed by atoms with Gasteiger partial charge in [-0.2, -0.15) is 5.26 Å². The zero-order valence-corrected chi connectivity index (χ0v) is 9.06. The summed E-state index contributed by atoms with van der Waals surface area (Å²) >= 11 is 4.76. The van der Waals surface area contributed by atoms with Crippen LogP contribution in [0.25, 0.3) is 6.08 Å². The van der Waals surface area contributed by atoms with Crippen molar-refractivity contribution in [2.75, 3.05) is 0 Å². The molecule has 0 aliphatic heterocycles. The van der Waals surface area contributed by atoms with Crippen molar-refractivity contribution >= 4 is 17.7 Å². The van der Waals surface area contributed by atoms with Gasteiger partial charge in [0.2, 0.25) is 0 Å². The van der Waals surface area contributed by atoms with Crippen molar-refractivity contribution in [3.8, 4) is 6.07 Å². The van der Waals surface area contributed by atoms with Crippen molar-refractivity contribution in [1.82, 2.24) is 0 Å². The number of hydrogen-bond donors (Lipinski definition) is 0. The van der Waals surface area contributed by atoms with Gasteiger partial charge in [-0.05, 0) is 11.1 Å². The number of nitrogens with zero attached hydrogens (tertiary/aromatic N) is 1. The normalized spacial score (nSPS) is 9.33. The van der Waals surface area contributed by atoms with E-state index in [-0.39, 0.29) is 0 Å². The molecule has 0 heterocycles. The Labute approximate surface area is 95.6 Å². The summed E-state index contributed by atoms with van der Waals surface area (Å²) in [6.45, 7) is 3.13. The van der Waals surface area contributed by atoms with E-state index in [9.17, 15) is 0 Å².